The first-order valence-electron chi connectivity index (χ1n) is 8.02. The summed E-state index contributed by atoms with van der Waals surface area (Å²) >= 11 is 0. The average molecular weight is 276 g/mol. The van der Waals surface area contributed by atoms with E-state index >= 15 is 0 Å². The molecule has 0 atom stereocenters. The maximum Gasteiger partial charge on any atom is 0.173 e. The summed E-state index contributed by atoms with van der Waals surface area (Å²) in [5.74, 6) is 0.321. The third-order valence-corrected chi connectivity index (χ3v) is 5.12. The molecule has 0 aromatic heterocycles. The van der Waals surface area contributed by atoms with Crippen LogP contribution in [0.2, 0.25) is 0 Å². The van der Waals surface area contributed by atoms with Crippen LogP contribution in [0.1, 0.15) is 52.7 Å². The van der Waals surface area contributed by atoms with Crippen molar-refractivity contribution in [1.29, 1.82) is 0 Å². The molecule has 0 radical (unpaired) electrons. The van der Waals surface area contributed by atoms with Gasteiger partial charge >= 0.3 is 0 Å². The van der Waals surface area contributed by atoms with Gasteiger partial charge in [-0.15, -0.1) is 0 Å². The molecule has 2 aliphatic rings. The molecule has 106 valence electrons. The normalized spacial score (nSPS) is 18.9. The Morgan fingerprint density at radius 1 is 0.857 bits per heavy atom. The summed E-state index contributed by atoms with van der Waals surface area (Å²) in [6, 6.07) is 16.7. The fraction of sp³-hybridized carbons (Fsp3) is 0.350. The first-order valence-corrected chi connectivity index (χ1v) is 8.02. The number of ketones is 1. The van der Waals surface area contributed by atoms with Gasteiger partial charge in [-0.2, -0.15) is 0 Å². The third kappa shape index (κ3) is 2.12. The van der Waals surface area contributed by atoms with Crippen LogP contribution in [0, 0.1) is 0 Å². The van der Waals surface area contributed by atoms with E-state index in [-0.39, 0.29) is 5.41 Å². The Hall–Kier alpha value is -1.89. The van der Waals surface area contributed by atoms with Gasteiger partial charge in [0.1, 0.15) is 0 Å². The number of benzene rings is 2. The molecule has 1 saturated carbocycles. The van der Waals surface area contributed by atoms with Gasteiger partial charge in [-0.25, -0.2) is 0 Å². The molecule has 2 aromatic rings. The third-order valence-electron chi connectivity index (χ3n) is 5.12. The Kier molecular flexibility index (Phi) is 2.95. The van der Waals surface area contributed by atoms with Crippen LogP contribution in [-0.2, 0) is 18.3 Å². The second-order valence-electron chi connectivity index (χ2n) is 6.47. The Labute approximate surface area is 126 Å². The maximum atomic E-state index is 13.0. The molecule has 0 N–H and O–H groups in total. The second-order valence-corrected chi connectivity index (χ2v) is 6.47. The van der Waals surface area contributed by atoms with Crippen molar-refractivity contribution < 1.29 is 4.79 Å². The second kappa shape index (κ2) is 4.84. The minimum absolute atomic E-state index is 0.232. The summed E-state index contributed by atoms with van der Waals surface area (Å²) in [6.07, 6.45) is 6.84. The summed E-state index contributed by atoms with van der Waals surface area (Å²) in [4.78, 5) is 13.0. The zero-order chi connectivity index (χ0) is 14.3. The van der Waals surface area contributed by atoms with Crippen LogP contribution in [-0.4, -0.2) is 5.78 Å². The predicted octanol–water partition coefficient (Wildman–Crippen LogP) is 4.48. The predicted molar refractivity (Wildman–Crippen MR) is 84.8 cm³/mol. The fourth-order valence-corrected chi connectivity index (χ4v) is 3.68. The molecule has 0 saturated heterocycles. The molecular formula is C20H20O. The van der Waals surface area contributed by atoms with Gasteiger partial charge < -0.3 is 0 Å². The van der Waals surface area contributed by atoms with Gasteiger partial charge in [0, 0.05) is 5.56 Å². The highest BCUT2D eigenvalue weighted by Crippen LogP contribution is 2.50. The Balaban J connectivity index is 1.69. The van der Waals surface area contributed by atoms with Gasteiger partial charge in [-0.1, -0.05) is 42.5 Å². The van der Waals surface area contributed by atoms with Crippen LogP contribution < -0.4 is 0 Å². The Morgan fingerprint density at radius 2 is 1.57 bits per heavy atom. The number of rotatable bonds is 3. The number of hydrogen-bond donors (Lipinski definition) is 0. The fourth-order valence-electron chi connectivity index (χ4n) is 3.68. The first kappa shape index (κ1) is 12.8. The minimum Gasteiger partial charge on any atom is -0.293 e. The van der Waals surface area contributed by atoms with Crippen molar-refractivity contribution in [2.24, 2.45) is 0 Å². The minimum atomic E-state index is -0.232. The Bertz CT molecular complexity index is 680. The van der Waals surface area contributed by atoms with Crippen LogP contribution in [0.4, 0.5) is 0 Å². The molecule has 0 unspecified atom stereocenters. The van der Waals surface area contributed by atoms with Crippen LogP contribution in [0.15, 0.2) is 48.5 Å². The van der Waals surface area contributed by atoms with E-state index in [2.05, 4.69) is 30.3 Å². The molecule has 1 nitrogen and oxygen atoms in total. The molecule has 0 aliphatic heterocycles. The summed E-state index contributed by atoms with van der Waals surface area (Å²) in [5.41, 5.74) is 4.72. The van der Waals surface area contributed by atoms with Crippen molar-refractivity contribution in [2.45, 2.75) is 43.9 Å². The lowest BCUT2D eigenvalue weighted by Crippen LogP contribution is -2.21. The van der Waals surface area contributed by atoms with Crippen LogP contribution in [0.3, 0.4) is 0 Å². The highest BCUT2D eigenvalue weighted by Gasteiger charge is 2.51. The molecular weight excluding hydrogens is 256 g/mol. The monoisotopic (exact) mass is 276 g/mol. The largest absolute Gasteiger partial charge is 0.293 e. The first-order chi connectivity index (χ1) is 10.3. The van der Waals surface area contributed by atoms with Crippen molar-refractivity contribution in [3.8, 4) is 0 Å². The molecule has 0 heterocycles. The zero-order valence-corrected chi connectivity index (χ0v) is 12.3. The van der Waals surface area contributed by atoms with Gasteiger partial charge in [0.05, 0.1) is 5.41 Å². The van der Waals surface area contributed by atoms with E-state index < -0.39 is 0 Å². The van der Waals surface area contributed by atoms with Crippen molar-refractivity contribution in [3.05, 3.63) is 70.8 Å². The van der Waals surface area contributed by atoms with Crippen molar-refractivity contribution in [1.82, 2.24) is 0 Å². The van der Waals surface area contributed by atoms with E-state index in [1.54, 1.807) is 0 Å². The van der Waals surface area contributed by atoms with Crippen LogP contribution >= 0.6 is 0 Å². The number of aryl methyl sites for hydroxylation is 2. The smallest absolute Gasteiger partial charge is 0.173 e. The molecule has 0 spiro atoms. The molecule has 2 aromatic carbocycles. The topological polar surface area (TPSA) is 17.1 Å². The lowest BCUT2D eigenvalue weighted by Gasteiger charge is -2.19. The van der Waals surface area contributed by atoms with E-state index in [0.717, 1.165) is 24.8 Å². The van der Waals surface area contributed by atoms with Crippen LogP contribution in [0.25, 0.3) is 0 Å². The average Bonchev–Trinajstić information content (AvgIpc) is 3.36. The highest BCUT2D eigenvalue weighted by molar-refractivity contribution is 6.06. The lowest BCUT2D eigenvalue weighted by molar-refractivity contribution is 0.0946. The number of fused-ring (bicyclic) bond motifs is 1. The SMILES string of the molecule is O=C(c1ccc2c(c1)CCCC2)C1(c2ccccc2)CC1. The standard InChI is InChI=1S/C20H20O/c21-19(20(12-13-20)18-8-2-1-3-9-18)17-11-10-15-6-4-5-7-16(15)14-17/h1-3,8-11,14H,4-7,12-13H2. The van der Waals surface area contributed by atoms with Gasteiger partial charge in [0.15, 0.2) is 5.78 Å². The lowest BCUT2D eigenvalue weighted by atomic mass is 9.84. The molecule has 2 aliphatic carbocycles. The van der Waals surface area contributed by atoms with Crippen molar-refractivity contribution in [2.75, 3.05) is 0 Å². The number of hydrogen-bond acceptors (Lipinski definition) is 1. The van der Waals surface area contributed by atoms with Gasteiger partial charge in [0.25, 0.3) is 0 Å². The van der Waals surface area contributed by atoms with Gasteiger partial charge in [0.2, 0.25) is 0 Å². The van der Waals surface area contributed by atoms with Gasteiger partial charge in [-0.3, -0.25) is 4.79 Å². The molecule has 0 bridgehead atoms. The maximum absolute atomic E-state index is 13.0. The van der Waals surface area contributed by atoms with E-state index in [0.29, 0.717) is 5.78 Å². The van der Waals surface area contributed by atoms with E-state index in [1.165, 1.54) is 36.0 Å². The summed E-state index contributed by atoms with van der Waals surface area (Å²) < 4.78 is 0. The number of Topliss-reactive ketones (excluding diaryl/α,β-unsaturated/α-hetero) is 1. The quantitative estimate of drug-likeness (QED) is 0.755. The summed E-state index contributed by atoms with van der Waals surface area (Å²) in [6.45, 7) is 0. The summed E-state index contributed by atoms with van der Waals surface area (Å²) in [5, 5.41) is 0. The van der Waals surface area contributed by atoms with E-state index in [9.17, 15) is 4.79 Å². The molecule has 1 fully saturated rings. The highest BCUT2D eigenvalue weighted by atomic mass is 16.1. The summed E-state index contributed by atoms with van der Waals surface area (Å²) in [7, 11) is 0. The number of carbonyl (C=O) groups excluding carboxylic acids is 1. The zero-order valence-electron chi connectivity index (χ0n) is 12.3. The number of carbonyl (C=O) groups is 1. The molecule has 1 heteroatoms. The Morgan fingerprint density at radius 3 is 2.29 bits per heavy atom. The van der Waals surface area contributed by atoms with E-state index in [1.807, 2.05) is 18.2 Å². The van der Waals surface area contributed by atoms with Gasteiger partial charge in [-0.05, 0) is 61.3 Å². The van der Waals surface area contributed by atoms with E-state index in [4.69, 9.17) is 0 Å². The molecule has 21 heavy (non-hydrogen) atoms. The van der Waals surface area contributed by atoms with Crippen molar-refractivity contribution in [3.63, 3.8) is 0 Å². The van der Waals surface area contributed by atoms with Crippen LogP contribution in [0.5, 0.6) is 0 Å². The molecule has 4 rings (SSSR count). The molecule has 0 amide bonds. The van der Waals surface area contributed by atoms with Crippen molar-refractivity contribution >= 4 is 5.78 Å².